The Morgan fingerprint density at radius 3 is 2.52 bits per heavy atom. The van der Waals surface area contributed by atoms with Crippen LogP contribution in [0.1, 0.15) is 5.56 Å². The summed E-state index contributed by atoms with van der Waals surface area (Å²) in [4.78, 5) is 18.5. The zero-order valence-electron chi connectivity index (χ0n) is 13.4. The molecule has 25 heavy (non-hydrogen) atoms. The summed E-state index contributed by atoms with van der Waals surface area (Å²) in [7, 11) is 0. The Bertz CT molecular complexity index is 1080. The van der Waals surface area contributed by atoms with Crippen molar-refractivity contribution in [1.29, 1.82) is 0 Å². The van der Waals surface area contributed by atoms with Crippen molar-refractivity contribution in [2.75, 3.05) is 0 Å². The van der Waals surface area contributed by atoms with Gasteiger partial charge in [0.15, 0.2) is 5.82 Å². The number of rotatable bonds is 3. The first kappa shape index (κ1) is 14.9. The van der Waals surface area contributed by atoms with Crippen molar-refractivity contribution in [3.63, 3.8) is 0 Å². The Labute approximate surface area is 143 Å². The summed E-state index contributed by atoms with van der Waals surface area (Å²) in [6, 6.07) is 17.4. The van der Waals surface area contributed by atoms with E-state index in [-0.39, 0.29) is 0 Å². The lowest BCUT2D eigenvalue weighted by Crippen LogP contribution is -2.13. The van der Waals surface area contributed by atoms with E-state index in [0.717, 1.165) is 16.8 Å². The van der Waals surface area contributed by atoms with Crippen LogP contribution in [0.4, 0.5) is 0 Å². The van der Waals surface area contributed by atoms with Crippen LogP contribution in [0.15, 0.2) is 65.6 Å². The molecular weight excluding hydrogens is 316 g/mol. The molecule has 2 aromatic heterocycles. The van der Waals surface area contributed by atoms with Gasteiger partial charge >= 0.3 is 5.69 Å². The molecule has 2 heterocycles. The summed E-state index contributed by atoms with van der Waals surface area (Å²) < 4.78 is 1.62. The van der Waals surface area contributed by atoms with E-state index in [1.54, 1.807) is 4.68 Å². The minimum absolute atomic E-state index is 0.416. The minimum Gasteiger partial charge on any atom is -0.305 e. The highest BCUT2D eigenvalue weighted by molar-refractivity contribution is 5.78. The van der Waals surface area contributed by atoms with Gasteiger partial charge in [0.1, 0.15) is 0 Å². The molecule has 0 saturated carbocycles. The molecule has 2 aromatic carbocycles. The van der Waals surface area contributed by atoms with Gasteiger partial charge in [0.25, 0.3) is 0 Å². The second-order valence-electron chi connectivity index (χ2n) is 5.54. The molecule has 0 unspecified atom stereocenters. The van der Waals surface area contributed by atoms with Crippen LogP contribution in [0.5, 0.6) is 0 Å². The van der Waals surface area contributed by atoms with Crippen LogP contribution in [0.25, 0.3) is 28.3 Å². The molecule has 0 aliphatic carbocycles. The van der Waals surface area contributed by atoms with Crippen molar-refractivity contribution < 1.29 is 0 Å². The SMILES string of the molecule is Cc1ccccc1-c1[nH]c(=O)ncc1-c1nnnn1-c1ccccc1. The maximum atomic E-state index is 11.8. The van der Waals surface area contributed by atoms with E-state index in [9.17, 15) is 4.79 Å². The van der Waals surface area contributed by atoms with Crippen LogP contribution in [0.2, 0.25) is 0 Å². The lowest BCUT2D eigenvalue weighted by molar-refractivity contribution is 0.791. The van der Waals surface area contributed by atoms with Crippen LogP contribution < -0.4 is 5.69 Å². The summed E-state index contributed by atoms with van der Waals surface area (Å²) in [6.45, 7) is 1.98. The molecule has 0 atom stereocenters. The Morgan fingerprint density at radius 1 is 0.960 bits per heavy atom. The fourth-order valence-electron chi connectivity index (χ4n) is 2.73. The first-order valence-corrected chi connectivity index (χ1v) is 7.73. The lowest BCUT2D eigenvalue weighted by atomic mass is 10.0. The maximum Gasteiger partial charge on any atom is 0.345 e. The second kappa shape index (κ2) is 6.12. The maximum absolute atomic E-state index is 11.8. The van der Waals surface area contributed by atoms with Crippen molar-refractivity contribution in [2.45, 2.75) is 6.92 Å². The molecule has 0 aliphatic rings. The largest absolute Gasteiger partial charge is 0.345 e. The fourth-order valence-corrected chi connectivity index (χ4v) is 2.73. The van der Waals surface area contributed by atoms with Crippen molar-refractivity contribution in [3.05, 3.63) is 76.8 Å². The highest BCUT2D eigenvalue weighted by Gasteiger charge is 2.18. The van der Waals surface area contributed by atoms with Crippen LogP contribution in [-0.2, 0) is 0 Å². The standard InChI is InChI=1S/C18H14N6O/c1-12-7-5-6-10-14(12)16-15(11-19-18(25)20-16)17-21-22-23-24(17)13-8-3-2-4-9-13/h2-11H,1H3,(H,19,20,25). The topological polar surface area (TPSA) is 89.3 Å². The highest BCUT2D eigenvalue weighted by atomic mass is 16.1. The Hall–Kier alpha value is -3.61. The van der Waals surface area contributed by atoms with Crippen LogP contribution >= 0.6 is 0 Å². The van der Waals surface area contributed by atoms with E-state index < -0.39 is 5.69 Å². The number of nitrogens with one attached hydrogen (secondary N) is 1. The predicted octanol–water partition coefficient (Wildman–Crippen LogP) is 2.39. The van der Waals surface area contributed by atoms with E-state index in [1.807, 2.05) is 61.5 Å². The molecule has 0 fully saturated rings. The number of aromatic nitrogens is 6. The van der Waals surface area contributed by atoms with Gasteiger partial charge in [-0.3, -0.25) is 0 Å². The predicted molar refractivity (Wildman–Crippen MR) is 93.2 cm³/mol. The summed E-state index contributed by atoms with van der Waals surface area (Å²) in [5, 5.41) is 12.0. The molecule has 7 nitrogen and oxygen atoms in total. The Kier molecular flexibility index (Phi) is 3.66. The molecule has 0 spiro atoms. The zero-order valence-corrected chi connectivity index (χ0v) is 13.4. The summed E-state index contributed by atoms with van der Waals surface area (Å²) in [5.74, 6) is 0.508. The monoisotopic (exact) mass is 330 g/mol. The first-order valence-electron chi connectivity index (χ1n) is 7.73. The zero-order chi connectivity index (χ0) is 17.2. The first-order chi connectivity index (χ1) is 12.2. The quantitative estimate of drug-likeness (QED) is 0.623. The number of para-hydroxylation sites is 1. The molecule has 0 saturated heterocycles. The highest BCUT2D eigenvalue weighted by Crippen LogP contribution is 2.30. The second-order valence-corrected chi connectivity index (χ2v) is 5.54. The van der Waals surface area contributed by atoms with Crippen molar-refractivity contribution in [3.8, 4) is 28.3 Å². The third-order valence-corrected chi connectivity index (χ3v) is 3.94. The van der Waals surface area contributed by atoms with E-state index in [1.165, 1.54) is 6.20 Å². The number of H-pyrrole nitrogens is 1. The smallest absolute Gasteiger partial charge is 0.305 e. The Balaban J connectivity index is 1.96. The van der Waals surface area contributed by atoms with Crippen molar-refractivity contribution >= 4 is 0 Å². The van der Waals surface area contributed by atoms with E-state index in [2.05, 4.69) is 25.5 Å². The van der Waals surface area contributed by atoms with Gasteiger partial charge in [-0.25, -0.2) is 9.78 Å². The number of aryl methyl sites for hydroxylation is 1. The minimum atomic E-state index is -0.416. The molecule has 4 aromatic rings. The molecule has 7 heteroatoms. The van der Waals surface area contributed by atoms with Gasteiger partial charge in [0.2, 0.25) is 0 Å². The van der Waals surface area contributed by atoms with Crippen LogP contribution in [0.3, 0.4) is 0 Å². The summed E-state index contributed by atoms with van der Waals surface area (Å²) >= 11 is 0. The molecule has 122 valence electrons. The number of hydrogen-bond donors (Lipinski definition) is 1. The lowest BCUT2D eigenvalue weighted by Gasteiger charge is -2.11. The van der Waals surface area contributed by atoms with Gasteiger partial charge in [-0.05, 0) is 35.0 Å². The molecule has 0 aliphatic heterocycles. The average Bonchev–Trinajstić information content (AvgIpc) is 3.12. The van der Waals surface area contributed by atoms with Crippen molar-refractivity contribution in [2.24, 2.45) is 0 Å². The third-order valence-electron chi connectivity index (χ3n) is 3.94. The number of hydrogen-bond acceptors (Lipinski definition) is 5. The summed E-state index contributed by atoms with van der Waals surface area (Å²) in [6.07, 6.45) is 1.51. The molecule has 1 N–H and O–H groups in total. The van der Waals surface area contributed by atoms with Gasteiger partial charge in [-0.2, -0.15) is 4.68 Å². The van der Waals surface area contributed by atoms with Crippen LogP contribution in [0, 0.1) is 6.92 Å². The molecular formula is C18H14N6O. The molecule has 0 bridgehead atoms. The number of aromatic amines is 1. The van der Waals surface area contributed by atoms with Gasteiger partial charge in [-0.1, -0.05) is 42.5 Å². The Morgan fingerprint density at radius 2 is 1.72 bits per heavy atom. The normalized spacial score (nSPS) is 10.8. The van der Waals surface area contributed by atoms with Gasteiger partial charge in [0.05, 0.1) is 16.9 Å². The van der Waals surface area contributed by atoms with E-state index in [4.69, 9.17) is 0 Å². The van der Waals surface area contributed by atoms with Gasteiger partial charge < -0.3 is 4.98 Å². The number of nitrogens with zero attached hydrogens (tertiary/aromatic N) is 5. The van der Waals surface area contributed by atoms with Gasteiger partial charge in [0, 0.05) is 11.8 Å². The number of tetrazole rings is 1. The molecule has 0 amide bonds. The summed E-state index contributed by atoms with van der Waals surface area (Å²) in [5.41, 5.74) is 3.64. The van der Waals surface area contributed by atoms with Crippen LogP contribution in [-0.4, -0.2) is 30.2 Å². The van der Waals surface area contributed by atoms with E-state index >= 15 is 0 Å². The molecule has 4 rings (SSSR count). The third kappa shape index (κ3) is 2.72. The average molecular weight is 330 g/mol. The fraction of sp³-hybridized carbons (Fsp3) is 0.0556. The number of benzene rings is 2. The van der Waals surface area contributed by atoms with Gasteiger partial charge in [-0.15, -0.1) is 5.10 Å². The van der Waals surface area contributed by atoms with E-state index in [0.29, 0.717) is 17.1 Å². The molecule has 0 radical (unpaired) electrons. The van der Waals surface area contributed by atoms with Crippen molar-refractivity contribution in [1.82, 2.24) is 30.2 Å².